The van der Waals surface area contributed by atoms with Crippen molar-refractivity contribution in [2.75, 3.05) is 5.32 Å². The van der Waals surface area contributed by atoms with E-state index in [2.05, 4.69) is 77.0 Å². The molecule has 50 heavy (non-hydrogen) atoms. The molecule has 4 aromatic rings. The molecule has 3 N–H and O–H groups in total. The molecular weight excluding hydrogens is 615 g/mol. The maximum absolute atomic E-state index is 13.9. The van der Waals surface area contributed by atoms with Crippen molar-refractivity contribution in [3.05, 3.63) is 141 Å². The predicted molar refractivity (Wildman–Crippen MR) is 200 cm³/mol. The molecule has 4 saturated carbocycles. The van der Waals surface area contributed by atoms with Gasteiger partial charge in [0.1, 0.15) is 6.04 Å². The molecule has 250 valence electrons. The van der Waals surface area contributed by atoms with E-state index < -0.39 is 6.04 Å². The van der Waals surface area contributed by atoms with Gasteiger partial charge in [-0.25, -0.2) is 0 Å². The zero-order chi connectivity index (χ0) is 33.8. The lowest BCUT2D eigenvalue weighted by molar-refractivity contribution is -0.114. The quantitative estimate of drug-likeness (QED) is 0.223. The van der Waals surface area contributed by atoms with Crippen molar-refractivity contribution in [1.29, 1.82) is 0 Å². The first-order chi connectivity index (χ1) is 24.5. The first kappa shape index (κ1) is 31.1. The summed E-state index contributed by atoms with van der Waals surface area (Å²) in [5.74, 6) is 2.20. The fourth-order valence-corrected chi connectivity index (χ4v) is 10.6. The zero-order valence-electron chi connectivity index (χ0n) is 28.4. The van der Waals surface area contributed by atoms with Gasteiger partial charge < -0.3 is 11.1 Å². The summed E-state index contributed by atoms with van der Waals surface area (Å²) in [5.41, 5.74) is 12.5. The molecule has 11 rings (SSSR count). The number of hydrogen-bond acceptors (Lipinski definition) is 5. The van der Waals surface area contributed by atoms with Gasteiger partial charge in [-0.1, -0.05) is 84.9 Å². The smallest absolute Gasteiger partial charge is 0.188 e. The number of fused-ring (bicyclic) bond motifs is 5. The van der Waals surface area contributed by atoms with Crippen LogP contribution >= 0.6 is 0 Å². The highest BCUT2D eigenvalue weighted by molar-refractivity contribution is 6.32. The highest BCUT2D eigenvalue weighted by atomic mass is 16.2. The summed E-state index contributed by atoms with van der Waals surface area (Å²) in [6, 6.07) is 29.8. The van der Waals surface area contributed by atoms with Crippen molar-refractivity contribution < 1.29 is 9.59 Å². The third-order valence-electron chi connectivity index (χ3n) is 12.4. The maximum atomic E-state index is 13.9. The van der Waals surface area contributed by atoms with Crippen LogP contribution in [0.4, 0.5) is 11.4 Å². The number of para-hydroxylation sites is 2. The Kier molecular flexibility index (Phi) is 7.77. The van der Waals surface area contributed by atoms with Crippen LogP contribution in [0.5, 0.6) is 0 Å². The summed E-state index contributed by atoms with van der Waals surface area (Å²) in [6.45, 7) is 0. The van der Waals surface area contributed by atoms with Gasteiger partial charge in [-0.3, -0.25) is 14.6 Å². The van der Waals surface area contributed by atoms with Crippen LogP contribution in [0.25, 0.3) is 11.6 Å². The van der Waals surface area contributed by atoms with Crippen LogP contribution in [0.1, 0.15) is 78.8 Å². The number of nitrogens with one attached hydrogen (secondary N) is 1. The summed E-state index contributed by atoms with van der Waals surface area (Å²) >= 11 is 0. The molecule has 5 nitrogen and oxygen atoms in total. The van der Waals surface area contributed by atoms with E-state index in [9.17, 15) is 9.59 Å². The Morgan fingerprint density at radius 3 is 2.20 bits per heavy atom. The van der Waals surface area contributed by atoms with Gasteiger partial charge in [-0.15, -0.1) is 0 Å². The van der Waals surface area contributed by atoms with E-state index in [1.54, 1.807) is 6.21 Å². The zero-order valence-corrected chi connectivity index (χ0v) is 28.4. The molecule has 4 aromatic carbocycles. The monoisotopic (exact) mass is 657 g/mol. The van der Waals surface area contributed by atoms with Gasteiger partial charge in [0, 0.05) is 29.5 Å². The van der Waals surface area contributed by atoms with Gasteiger partial charge in [0.2, 0.25) is 0 Å². The first-order valence-corrected chi connectivity index (χ1v) is 18.4. The Labute approximate surface area is 293 Å². The minimum atomic E-state index is -1.11. The van der Waals surface area contributed by atoms with Gasteiger partial charge >= 0.3 is 0 Å². The largest absolute Gasteiger partial charge is 0.360 e. The SMILES string of the molecule is C1=CNc2ccccc2N=C1.NC1C(=O)C(CCC23CC4CC(CC(C4)C2)C3)=c2ccc3c(c2C1=O)C(c1ccccc1)C=c1ccccc1=3. The van der Waals surface area contributed by atoms with Crippen LogP contribution in [0, 0.1) is 33.6 Å². The normalized spacial score (nSPS) is 27.9. The molecule has 2 atom stereocenters. The highest BCUT2D eigenvalue weighted by Gasteiger charge is 2.50. The summed E-state index contributed by atoms with van der Waals surface area (Å²) in [7, 11) is 0. The summed E-state index contributed by atoms with van der Waals surface area (Å²) in [4.78, 5) is 31.7. The number of Topliss-reactive ketones (excluding diaryl/α,β-unsaturated/α-hetero) is 2. The number of hydrogen-bond donors (Lipinski definition) is 2. The molecule has 1 aliphatic heterocycles. The average molecular weight is 658 g/mol. The standard InChI is InChI=1S/C36H35NO2.C9H8N2/c37-33-34(38)29(12-13-36-18-21-14-22(19-36)16-23(15-21)20-36)28-11-10-27-26-9-5-4-8-25(26)17-30(24-6-2-1-3-7-24)31(27)32(28)35(33)39;1-2-5-9-8(4-1)10-6-3-7-11-9/h1-11,17,21-23,30,33H,12-16,18-20,37H2;1-7,10H. The molecule has 0 aromatic heterocycles. The lowest BCUT2D eigenvalue weighted by Gasteiger charge is -2.57. The average Bonchev–Trinajstić information content (AvgIpc) is 3.39. The summed E-state index contributed by atoms with van der Waals surface area (Å²) < 4.78 is 0. The number of aliphatic imine (C=N–C) groups is 1. The topological polar surface area (TPSA) is 84.5 Å². The van der Waals surface area contributed by atoms with E-state index in [1.165, 1.54) is 43.7 Å². The van der Waals surface area contributed by atoms with E-state index >= 15 is 0 Å². The molecule has 0 amide bonds. The van der Waals surface area contributed by atoms with Gasteiger partial charge in [-0.05, 0) is 125 Å². The van der Waals surface area contributed by atoms with Crippen LogP contribution in [-0.4, -0.2) is 23.8 Å². The number of nitrogens with two attached hydrogens (primary N) is 1. The van der Waals surface area contributed by atoms with Crippen LogP contribution in [0.15, 0.2) is 108 Å². The maximum Gasteiger partial charge on any atom is 0.188 e. The molecule has 5 heteroatoms. The van der Waals surface area contributed by atoms with Gasteiger partial charge in [0.15, 0.2) is 11.6 Å². The number of benzene rings is 4. The van der Waals surface area contributed by atoms with Gasteiger partial charge in [-0.2, -0.15) is 0 Å². The van der Waals surface area contributed by atoms with E-state index in [-0.39, 0.29) is 17.5 Å². The number of carbonyl (C=O) groups is 2. The molecule has 6 aliphatic carbocycles. The number of nitrogens with zero attached hydrogens (tertiary/aromatic N) is 1. The Bertz CT molecular complexity index is 2270. The minimum Gasteiger partial charge on any atom is -0.360 e. The number of carbonyl (C=O) groups excluding carboxylic acids is 2. The van der Waals surface area contributed by atoms with Crippen molar-refractivity contribution >= 4 is 40.8 Å². The summed E-state index contributed by atoms with van der Waals surface area (Å²) in [6.07, 6.45) is 17.8. The Morgan fingerprint density at radius 1 is 0.740 bits per heavy atom. The van der Waals surface area contributed by atoms with Crippen molar-refractivity contribution in [3.8, 4) is 0 Å². The number of rotatable bonds is 4. The molecule has 2 unspecified atom stereocenters. The van der Waals surface area contributed by atoms with E-state index in [0.717, 1.165) is 74.3 Å². The Hall–Kier alpha value is -4.87. The van der Waals surface area contributed by atoms with Crippen LogP contribution in [-0.2, 0) is 4.79 Å². The second-order valence-electron chi connectivity index (χ2n) is 15.5. The first-order valence-electron chi connectivity index (χ1n) is 18.4. The predicted octanol–water partition coefficient (Wildman–Crippen LogP) is 7.47. The third-order valence-corrected chi connectivity index (χ3v) is 12.4. The fraction of sp³-hybridized carbons (Fsp3) is 0.311. The molecule has 0 saturated heterocycles. The Balaban J connectivity index is 0.000000260. The van der Waals surface area contributed by atoms with Crippen LogP contribution in [0.3, 0.4) is 0 Å². The molecular formula is C45H43N3O2. The number of ketones is 2. The molecule has 4 bridgehead atoms. The molecule has 4 fully saturated rings. The van der Waals surface area contributed by atoms with Gasteiger partial charge in [0.05, 0.1) is 11.4 Å². The molecule has 1 heterocycles. The third kappa shape index (κ3) is 5.39. The highest BCUT2D eigenvalue weighted by Crippen LogP contribution is 2.62. The molecule has 7 aliphatic rings. The van der Waals surface area contributed by atoms with Crippen molar-refractivity contribution in [2.24, 2.45) is 33.9 Å². The number of anilines is 1. The lowest BCUT2D eigenvalue weighted by Crippen LogP contribution is -2.49. The van der Waals surface area contributed by atoms with Crippen molar-refractivity contribution in [3.63, 3.8) is 0 Å². The second-order valence-corrected chi connectivity index (χ2v) is 15.5. The van der Waals surface area contributed by atoms with Crippen molar-refractivity contribution in [2.45, 2.75) is 63.3 Å². The van der Waals surface area contributed by atoms with E-state index in [4.69, 9.17) is 5.73 Å². The van der Waals surface area contributed by atoms with Crippen LogP contribution in [0.2, 0.25) is 0 Å². The second kappa shape index (κ2) is 12.5. The summed E-state index contributed by atoms with van der Waals surface area (Å²) in [5, 5.41) is 7.35. The van der Waals surface area contributed by atoms with Crippen molar-refractivity contribution in [1.82, 2.24) is 0 Å². The fourth-order valence-electron chi connectivity index (χ4n) is 10.6. The Morgan fingerprint density at radius 2 is 1.42 bits per heavy atom. The van der Waals surface area contributed by atoms with E-state index in [0.29, 0.717) is 11.0 Å². The van der Waals surface area contributed by atoms with Crippen LogP contribution < -0.4 is 21.5 Å². The minimum absolute atomic E-state index is 0.0696. The van der Waals surface area contributed by atoms with E-state index in [1.807, 2.05) is 42.6 Å². The van der Waals surface area contributed by atoms with Gasteiger partial charge in [0.25, 0.3) is 0 Å². The number of allylic oxidation sites excluding steroid dienone is 1. The lowest BCUT2D eigenvalue weighted by atomic mass is 9.48. The molecule has 0 radical (unpaired) electrons. The molecule has 0 spiro atoms.